The van der Waals surface area contributed by atoms with Crippen LogP contribution in [-0.4, -0.2) is 54.8 Å². The number of halogens is 2. The van der Waals surface area contributed by atoms with Crippen molar-refractivity contribution in [2.24, 2.45) is 0 Å². The van der Waals surface area contributed by atoms with Gasteiger partial charge >= 0.3 is 35.0 Å². The fourth-order valence-electron chi connectivity index (χ4n) is 5.77. The predicted molar refractivity (Wildman–Crippen MR) is 198 cm³/mol. The van der Waals surface area contributed by atoms with E-state index in [0.717, 1.165) is 22.3 Å². The van der Waals surface area contributed by atoms with Gasteiger partial charge in [-0.15, -0.1) is 0 Å². The van der Waals surface area contributed by atoms with Crippen molar-refractivity contribution in [2.45, 2.75) is 82.5 Å². The van der Waals surface area contributed by atoms with Crippen molar-refractivity contribution in [1.82, 2.24) is 0 Å². The Balaban J connectivity index is 0.000000217. The normalized spacial score (nSPS) is 22.7. The number of hydrogen-bond acceptors (Lipinski definition) is 8. The van der Waals surface area contributed by atoms with E-state index in [1.807, 2.05) is 121 Å². The summed E-state index contributed by atoms with van der Waals surface area (Å²) in [6.45, 7) is 5.76. The summed E-state index contributed by atoms with van der Waals surface area (Å²) in [4.78, 5) is 12.3. The molecule has 6 rings (SSSR count). The third-order valence-electron chi connectivity index (χ3n) is 8.38. The SMILES string of the molecule is C=C1OC(OC)CC(OCc2ccccc2)C1OCc1ccccc1.O=C1CC(O)CC(OCc2ccccc2)C1OCc1ccccc1.[Cl][Pd][Cl]. The van der Waals surface area contributed by atoms with Crippen LogP contribution in [0.25, 0.3) is 0 Å². The molecule has 1 saturated carbocycles. The zero-order valence-electron chi connectivity index (χ0n) is 29.0. The first-order valence-electron chi connectivity index (χ1n) is 16.9. The number of benzene rings is 4. The second kappa shape index (κ2) is 23.7. The summed E-state index contributed by atoms with van der Waals surface area (Å²) in [5.41, 5.74) is 4.27. The van der Waals surface area contributed by atoms with Crippen LogP contribution in [0.1, 0.15) is 41.5 Å². The Hall–Kier alpha value is -2.91. The molecule has 1 aliphatic heterocycles. The van der Waals surface area contributed by atoms with Gasteiger partial charge in [-0.1, -0.05) is 128 Å². The molecule has 2 aliphatic rings. The third-order valence-corrected chi connectivity index (χ3v) is 8.38. The zero-order chi connectivity index (χ0) is 37.0. The molecule has 0 aromatic heterocycles. The Labute approximate surface area is 323 Å². The molecule has 11 heteroatoms. The van der Waals surface area contributed by atoms with Gasteiger partial charge in [0, 0.05) is 26.4 Å². The summed E-state index contributed by atoms with van der Waals surface area (Å²) in [5, 5.41) is 9.89. The summed E-state index contributed by atoms with van der Waals surface area (Å²) in [6, 6.07) is 39.7. The number of ketones is 1. The molecule has 1 aliphatic carbocycles. The number of aliphatic hydroxyl groups is 1. The summed E-state index contributed by atoms with van der Waals surface area (Å²) in [5.74, 6) is 0.454. The van der Waals surface area contributed by atoms with Crippen molar-refractivity contribution in [3.05, 3.63) is 156 Å². The summed E-state index contributed by atoms with van der Waals surface area (Å²) >= 11 is -0.106. The van der Waals surface area contributed by atoms with Crippen molar-refractivity contribution in [2.75, 3.05) is 7.11 Å². The van der Waals surface area contributed by atoms with Gasteiger partial charge in [0.2, 0.25) is 6.29 Å². The number of hydrogen-bond donors (Lipinski definition) is 1. The predicted octanol–water partition coefficient (Wildman–Crippen LogP) is 8.32. The zero-order valence-corrected chi connectivity index (χ0v) is 32.1. The third kappa shape index (κ3) is 14.5. The Morgan fingerprint density at radius 2 is 1.02 bits per heavy atom. The molecule has 1 heterocycles. The molecule has 4 aromatic rings. The molecule has 2 fully saturated rings. The number of aliphatic hydroxyl groups excluding tert-OH is 1. The fraction of sp³-hybridized carbons (Fsp3) is 0.341. The number of carbonyl (C=O) groups excluding carboxylic acids is 1. The number of rotatable bonds is 13. The van der Waals surface area contributed by atoms with E-state index >= 15 is 0 Å². The van der Waals surface area contributed by atoms with Crippen LogP contribution in [0, 0.1) is 0 Å². The molecule has 0 radical (unpaired) electrons. The molecule has 52 heavy (non-hydrogen) atoms. The van der Waals surface area contributed by atoms with E-state index in [0.29, 0.717) is 45.0 Å². The Morgan fingerprint density at radius 1 is 0.654 bits per heavy atom. The van der Waals surface area contributed by atoms with Crippen LogP contribution in [-0.2, 0) is 75.6 Å². The van der Waals surface area contributed by atoms with Gasteiger partial charge in [-0.25, -0.2) is 0 Å². The van der Waals surface area contributed by atoms with Crippen LogP contribution in [0.4, 0.5) is 0 Å². The van der Waals surface area contributed by atoms with E-state index in [1.54, 1.807) is 7.11 Å². The number of methoxy groups -OCH3 is 1. The molecule has 1 saturated heterocycles. The average molecular weight is 844 g/mol. The van der Waals surface area contributed by atoms with Crippen LogP contribution in [0.2, 0.25) is 0 Å². The van der Waals surface area contributed by atoms with Gasteiger partial charge < -0.3 is 33.5 Å². The average Bonchev–Trinajstić information content (AvgIpc) is 3.17. The van der Waals surface area contributed by atoms with Crippen molar-refractivity contribution in [1.29, 1.82) is 0 Å². The first kappa shape index (κ1) is 41.8. The molecule has 1 N–H and O–H groups in total. The fourth-order valence-corrected chi connectivity index (χ4v) is 5.77. The van der Waals surface area contributed by atoms with Crippen LogP contribution >= 0.6 is 19.1 Å². The van der Waals surface area contributed by atoms with Gasteiger partial charge in [0.05, 0.1) is 44.7 Å². The second-order valence-electron chi connectivity index (χ2n) is 12.2. The van der Waals surface area contributed by atoms with Crippen LogP contribution in [0.15, 0.2) is 134 Å². The quantitative estimate of drug-likeness (QED) is 0.135. The van der Waals surface area contributed by atoms with Crippen molar-refractivity contribution in [3.63, 3.8) is 0 Å². The first-order chi connectivity index (χ1) is 25.4. The van der Waals surface area contributed by atoms with Gasteiger partial charge in [-0.2, -0.15) is 0 Å². The van der Waals surface area contributed by atoms with E-state index < -0.39 is 18.3 Å². The van der Waals surface area contributed by atoms with E-state index in [2.05, 4.69) is 6.58 Å². The van der Waals surface area contributed by atoms with E-state index in [-0.39, 0.29) is 46.6 Å². The molecule has 8 nitrogen and oxygen atoms in total. The van der Waals surface area contributed by atoms with Crippen molar-refractivity contribution < 1.29 is 54.3 Å². The molecular weight excluding hydrogens is 798 g/mol. The molecule has 0 amide bonds. The van der Waals surface area contributed by atoms with E-state index in [4.69, 9.17) is 47.5 Å². The molecule has 4 aromatic carbocycles. The first-order valence-corrected chi connectivity index (χ1v) is 20.9. The summed E-state index contributed by atoms with van der Waals surface area (Å²) in [6.07, 6.45) is -1.42. The van der Waals surface area contributed by atoms with Gasteiger partial charge in [0.25, 0.3) is 0 Å². The maximum atomic E-state index is 12.3. The van der Waals surface area contributed by atoms with Gasteiger partial charge in [-0.3, -0.25) is 4.79 Å². The molecule has 282 valence electrons. The minimum atomic E-state index is -0.658. The van der Waals surface area contributed by atoms with Crippen molar-refractivity contribution in [3.8, 4) is 0 Å². The molecule has 6 atom stereocenters. The standard InChI is InChI=1S/C21H24O4.C20H22O4.2ClH.Pd/c1-16-21(24-15-18-11-7-4-8-12-18)19(13-20(22-2)25-16)23-14-17-9-5-3-6-10-17;21-17-11-18(22)20(24-14-16-9-5-2-6-10-16)19(12-17)23-13-15-7-3-1-4-8-15;;;/h3-12,19-21H,1,13-15H2,2H3;1-10,17,19-21H,11-14H2;2*1H;/q;;;;+2/p-2. The van der Waals surface area contributed by atoms with Crippen LogP contribution in [0.3, 0.4) is 0 Å². The van der Waals surface area contributed by atoms with Crippen LogP contribution in [0.5, 0.6) is 0 Å². The topological polar surface area (TPSA) is 92.7 Å². The summed E-state index contributed by atoms with van der Waals surface area (Å²) in [7, 11) is 11.3. The summed E-state index contributed by atoms with van der Waals surface area (Å²) < 4.78 is 35.0. The van der Waals surface area contributed by atoms with Crippen LogP contribution < -0.4 is 0 Å². The Kier molecular flexibility index (Phi) is 19.1. The number of carbonyl (C=O) groups is 1. The van der Waals surface area contributed by atoms with Gasteiger partial charge in [0.1, 0.15) is 18.0 Å². The van der Waals surface area contributed by atoms with E-state index in [9.17, 15) is 9.90 Å². The van der Waals surface area contributed by atoms with Gasteiger partial charge in [-0.05, 0) is 22.3 Å². The second-order valence-corrected chi connectivity index (χ2v) is 14.6. The Morgan fingerprint density at radius 3 is 1.42 bits per heavy atom. The Bertz CT molecular complexity index is 1570. The number of Topliss-reactive ketones (excluding diaryl/α,β-unsaturated/α-hetero) is 1. The maximum absolute atomic E-state index is 12.3. The van der Waals surface area contributed by atoms with Gasteiger partial charge in [0.15, 0.2) is 5.78 Å². The molecule has 0 spiro atoms. The molecular formula is C41H46Cl2O8Pd. The van der Waals surface area contributed by atoms with E-state index in [1.165, 1.54) is 0 Å². The van der Waals surface area contributed by atoms with Crippen molar-refractivity contribution >= 4 is 24.8 Å². The minimum absolute atomic E-state index is 0.0947. The number of ether oxygens (including phenoxy) is 6. The molecule has 6 unspecified atom stereocenters. The monoisotopic (exact) mass is 842 g/mol. The molecule has 0 bridgehead atoms.